The fourth-order valence-corrected chi connectivity index (χ4v) is 4.66. The quantitative estimate of drug-likeness (QED) is 0.435. The van der Waals surface area contributed by atoms with Crippen LogP contribution in [0.25, 0.3) is 0 Å². The number of hydrogen-bond donors (Lipinski definition) is 1. The largest absolute Gasteiger partial charge is 0.497 e. The SMILES string of the molecule is CC[C@@H](C)NC(=O)[C@H](C)N(Cc1ccc(C)cc1)C(=O)CCCN(c1ccc(OC)cc1)S(C)(=O)=O. The summed E-state index contributed by atoms with van der Waals surface area (Å²) in [7, 11) is -2.01. The predicted molar refractivity (Wildman–Crippen MR) is 144 cm³/mol. The van der Waals surface area contributed by atoms with Crippen molar-refractivity contribution in [3.8, 4) is 5.75 Å². The predicted octanol–water partition coefficient (Wildman–Crippen LogP) is 3.88. The van der Waals surface area contributed by atoms with Gasteiger partial charge in [-0.25, -0.2) is 8.42 Å². The highest BCUT2D eigenvalue weighted by Gasteiger charge is 2.27. The molecule has 0 unspecified atom stereocenters. The van der Waals surface area contributed by atoms with Crippen molar-refractivity contribution in [1.29, 1.82) is 0 Å². The Bertz CT molecular complexity index is 1100. The first-order chi connectivity index (χ1) is 17.0. The van der Waals surface area contributed by atoms with Gasteiger partial charge in [-0.3, -0.25) is 13.9 Å². The molecule has 0 fully saturated rings. The van der Waals surface area contributed by atoms with Gasteiger partial charge in [0.1, 0.15) is 11.8 Å². The molecule has 1 N–H and O–H groups in total. The fourth-order valence-electron chi connectivity index (χ4n) is 3.69. The minimum atomic E-state index is -3.55. The van der Waals surface area contributed by atoms with Crippen molar-refractivity contribution in [3.05, 3.63) is 59.7 Å². The van der Waals surface area contributed by atoms with Crippen LogP contribution in [0.2, 0.25) is 0 Å². The van der Waals surface area contributed by atoms with Crippen LogP contribution in [0.15, 0.2) is 48.5 Å². The number of nitrogens with zero attached hydrogens (tertiary/aromatic N) is 2. The number of hydrogen-bond acceptors (Lipinski definition) is 5. The molecule has 36 heavy (non-hydrogen) atoms. The topological polar surface area (TPSA) is 96.0 Å². The number of ether oxygens (including phenoxy) is 1. The zero-order valence-electron chi connectivity index (χ0n) is 22.2. The Morgan fingerprint density at radius 1 is 1.03 bits per heavy atom. The highest BCUT2D eigenvalue weighted by molar-refractivity contribution is 7.92. The number of carbonyl (C=O) groups is 2. The lowest BCUT2D eigenvalue weighted by Gasteiger charge is -2.30. The lowest BCUT2D eigenvalue weighted by molar-refractivity contribution is -0.140. The minimum Gasteiger partial charge on any atom is -0.497 e. The molecule has 0 saturated carbocycles. The van der Waals surface area contributed by atoms with Gasteiger partial charge < -0.3 is 15.0 Å². The van der Waals surface area contributed by atoms with Crippen LogP contribution in [0.5, 0.6) is 5.75 Å². The second-order valence-electron chi connectivity index (χ2n) is 9.14. The van der Waals surface area contributed by atoms with E-state index in [9.17, 15) is 18.0 Å². The Balaban J connectivity index is 2.16. The molecule has 2 atom stereocenters. The number of carbonyl (C=O) groups excluding carboxylic acids is 2. The van der Waals surface area contributed by atoms with Crippen LogP contribution in [0.4, 0.5) is 5.69 Å². The van der Waals surface area contributed by atoms with Gasteiger partial charge in [0.05, 0.1) is 19.1 Å². The zero-order valence-corrected chi connectivity index (χ0v) is 23.0. The summed E-state index contributed by atoms with van der Waals surface area (Å²) in [5, 5.41) is 2.95. The van der Waals surface area contributed by atoms with E-state index in [1.165, 1.54) is 4.31 Å². The van der Waals surface area contributed by atoms with Gasteiger partial charge in [0, 0.05) is 25.6 Å². The van der Waals surface area contributed by atoms with Crippen LogP contribution in [0.1, 0.15) is 51.2 Å². The molecule has 0 spiro atoms. The summed E-state index contributed by atoms with van der Waals surface area (Å²) < 4.78 is 31.3. The summed E-state index contributed by atoms with van der Waals surface area (Å²) in [6, 6.07) is 13.9. The number of anilines is 1. The lowest BCUT2D eigenvalue weighted by Crippen LogP contribution is -2.49. The van der Waals surface area contributed by atoms with E-state index >= 15 is 0 Å². The smallest absolute Gasteiger partial charge is 0.242 e. The van der Waals surface area contributed by atoms with E-state index in [4.69, 9.17) is 4.74 Å². The minimum absolute atomic E-state index is 0.00379. The number of rotatable bonds is 13. The average molecular weight is 518 g/mol. The summed E-state index contributed by atoms with van der Waals surface area (Å²) in [6.45, 7) is 8.07. The molecule has 0 bridgehead atoms. The van der Waals surface area contributed by atoms with Crippen LogP contribution in [0, 0.1) is 6.92 Å². The number of aryl methyl sites for hydroxylation is 1. The van der Waals surface area contributed by atoms with E-state index in [1.54, 1.807) is 43.2 Å². The third kappa shape index (κ3) is 8.55. The summed E-state index contributed by atoms with van der Waals surface area (Å²) in [5.41, 5.74) is 2.54. The van der Waals surface area contributed by atoms with Gasteiger partial charge in [-0.2, -0.15) is 0 Å². The molecule has 2 amide bonds. The van der Waals surface area contributed by atoms with Crippen LogP contribution >= 0.6 is 0 Å². The number of benzene rings is 2. The van der Waals surface area contributed by atoms with Crippen molar-refractivity contribution in [2.75, 3.05) is 24.2 Å². The van der Waals surface area contributed by atoms with Crippen molar-refractivity contribution in [3.63, 3.8) is 0 Å². The van der Waals surface area contributed by atoms with Crippen molar-refractivity contribution in [1.82, 2.24) is 10.2 Å². The first-order valence-electron chi connectivity index (χ1n) is 12.2. The Morgan fingerprint density at radius 2 is 1.64 bits per heavy atom. The van der Waals surface area contributed by atoms with Crippen LogP contribution in [0.3, 0.4) is 0 Å². The third-order valence-electron chi connectivity index (χ3n) is 6.15. The molecule has 0 radical (unpaired) electrons. The maximum Gasteiger partial charge on any atom is 0.242 e. The molecule has 9 heteroatoms. The first kappa shape index (κ1) is 29.2. The van der Waals surface area contributed by atoms with Crippen molar-refractivity contribution < 1.29 is 22.7 Å². The molecule has 0 aliphatic carbocycles. The molecule has 0 aliphatic rings. The first-order valence-corrected chi connectivity index (χ1v) is 14.1. The molecule has 0 heterocycles. The molecule has 8 nitrogen and oxygen atoms in total. The molecule has 2 rings (SSSR count). The van der Waals surface area contributed by atoms with Crippen LogP contribution < -0.4 is 14.4 Å². The van der Waals surface area contributed by atoms with E-state index in [0.29, 0.717) is 24.4 Å². The molecule has 0 aromatic heterocycles. The second kappa shape index (κ2) is 13.3. The Labute approximate surface area is 215 Å². The van der Waals surface area contributed by atoms with Gasteiger partial charge in [0.25, 0.3) is 0 Å². The molecule has 2 aromatic carbocycles. The van der Waals surface area contributed by atoms with E-state index in [2.05, 4.69) is 5.32 Å². The highest BCUT2D eigenvalue weighted by Crippen LogP contribution is 2.22. The molecule has 198 valence electrons. The monoisotopic (exact) mass is 517 g/mol. The number of sulfonamides is 1. The summed E-state index contributed by atoms with van der Waals surface area (Å²) in [6.07, 6.45) is 2.35. The third-order valence-corrected chi connectivity index (χ3v) is 7.35. The Hall–Kier alpha value is -3.07. The summed E-state index contributed by atoms with van der Waals surface area (Å²) >= 11 is 0. The fraction of sp³-hybridized carbons (Fsp3) is 0.481. The second-order valence-corrected chi connectivity index (χ2v) is 11.0. The summed E-state index contributed by atoms with van der Waals surface area (Å²) in [5.74, 6) is 0.213. The molecule has 0 aliphatic heterocycles. The van der Waals surface area contributed by atoms with E-state index < -0.39 is 16.1 Å². The van der Waals surface area contributed by atoms with E-state index in [-0.39, 0.29) is 30.8 Å². The standard InChI is InChI=1S/C27H39N3O5S/c1-7-21(3)28-27(32)22(4)29(19-23-12-10-20(2)11-13-23)26(31)9-8-18-30(36(6,33)34)24-14-16-25(35-5)17-15-24/h10-17,21-22H,7-9,18-19H2,1-6H3,(H,28,32)/t21-,22+/m1/s1. The highest BCUT2D eigenvalue weighted by atomic mass is 32.2. The molecule has 0 saturated heterocycles. The van der Waals surface area contributed by atoms with Gasteiger partial charge in [-0.1, -0.05) is 36.8 Å². The summed E-state index contributed by atoms with van der Waals surface area (Å²) in [4.78, 5) is 27.7. The molecule has 2 aromatic rings. The van der Waals surface area contributed by atoms with Crippen LogP contribution in [-0.2, 0) is 26.2 Å². The maximum absolute atomic E-state index is 13.3. The average Bonchev–Trinajstić information content (AvgIpc) is 2.85. The van der Waals surface area contributed by atoms with Crippen LogP contribution in [-0.4, -0.2) is 57.1 Å². The molecular weight excluding hydrogens is 478 g/mol. The zero-order chi connectivity index (χ0) is 26.9. The maximum atomic E-state index is 13.3. The Morgan fingerprint density at radius 3 is 2.17 bits per heavy atom. The van der Waals surface area contributed by atoms with E-state index in [1.807, 2.05) is 45.0 Å². The van der Waals surface area contributed by atoms with Crippen molar-refractivity contribution in [2.24, 2.45) is 0 Å². The van der Waals surface area contributed by atoms with Crippen molar-refractivity contribution in [2.45, 2.75) is 65.6 Å². The normalized spacial score (nSPS) is 12.9. The molecular formula is C27H39N3O5S. The number of nitrogens with one attached hydrogen (secondary N) is 1. The van der Waals surface area contributed by atoms with Gasteiger partial charge >= 0.3 is 0 Å². The number of amides is 2. The van der Waals surface area contributed by atoms with Gasteiger partial charge in [-0.15, -0.1) is 0 Å². The van der Waals surface area contributed by atoms with E-state index in [0.717, 1.165) is 23.8 Å². The van der Waals surface area contributed by atoms with Gasteiger partial charge in [0.15, 0.2) is 0 Å². The van der Waals surface area contributed by atoms with Crippen molar-refractivity contribution >= 4 is 27.5 Å². The van der Waals surface area contributed by atoms with Gasteiger partial charge in [0.2, 0.25) is 21.8 Å². The lowest BCUT2D eigenvalue weighted by atomic mass is 10.1. The Kier molecular flexibility index (Phi) is 10.8. The van der Waals surface area contributed by atoms with Gasteiger partial charge in [-0.05, 0) is 63.4 Å². The number of methoxy groups -OCH3 is 1.